The van der Waals surface area contributed by atoms with Gasteiger partial charge in [-0.2, -0.15) is 0 Å². The normalized spacial score (nSPS) is 18.5. The van der Waals surface area contributed by atoms with Gasteiger partial charge in [0.2, 0.25) is 0 Å². The van der Waals surface area contributed by atoms with Crippen LogP contribution in [0.1, 0.15) is 30.0 Å². The molecule has 0 fully saturated rings. The first kappa shape index (κ1) is 14.5. The Kier molecular flexibility index (Phi) is 4.27. The topological polar surface area (TPSA) is 12.0 Å². The van der Waals surface area contributed by atoms with Gasteiger partial charge < -0.3 is 5.32 Å². The van der Waals surface area contributed by atoms with E-state index in [0.717, 1.165) is 18.4 Å². The van der Waals surface area contributed by atoms with Gasteiger partial charge in [-0.25, -0.2) is 8.78 Å². The zero-order valence-electron chi connectivity index (χ0n) is 11.8. The second kappa shape index (κ2) is 6.16. The van der Waals surface area contributed by atoms with Crippen molar-refractivity contribution in [3.8, 4) is 0 Å². The lowest BCUT2D eigenvalue weighted by Gasteiger charge is -2.25. The molecule has 0 spiro atoms. The minimum absolute atomic E-state index is 0.0728. The molecule has 0 bridgehead atoms. The van der Waals surface area contributed by atoms with Crippen molar-refractivity contribution in [2.45, 2.75) is 23.8 Å². The molecule has 2 aromatic rings. The van der Waals surface area contributed by atoms with Crippen molar-refractivity contribution < 1.29 is 8.78 Å². The first-order valence-electron chi connectivity index (χ1n) is 7.10. The highest BCUT2D eigenvalue weighted by Crippen LogP contribution is 2.45. The van der Waals surface area contributed by atoms with Crippen LogP contribution in [0, 0.1) is 11.6 Å². The maximum atomic E-state index is 13.5. The van der Waals surface area contributed by atoms with Crippen LogP contribution in [-0.4, -0.2) is 12.3 Å². The Labute approximate surface area is 127 Å². The van der Waals surface area contributed by atoms with E-state index in [0.29, 0.717) is 5.56 Å². The van der Waals surface area contributed by atoms with E-state index in [4.69, 9.17) is 0 Å². The zero-order valence-corrected chi connectivity index (χ0v) is 12.6. The van der Waals surface area contributed by atoms with E-state index in [9.17, 15) is 8.78 Å². The van der Waals surface area contributed by atoms with Crippen LogP contribution < -0.4 is 5.32 Å². The van der Waals surface area contributed by atoms with Gasteiger partial charge >= 0.3 is 0 Å². The smallest absolute Gasteiger partial charge is 0.126 e. The highest BCUT2D eigenvalue weighted by Gasteiger charge is 2.31. The summed E-state index contributed by atoms with van der Waals surface area (Å²) in [5, 5.41) is 3.39. The summed E-state index contributed by atoms with van der Waals surface area (Å²) in [4.78, 5) is 1.27. The SMILES string of the molecule is CCNC(c1cc(F)cc(F)c1)C1CSc2ccccc21. The van der Waals surface area contributed by atoms with E-state index in [1.807, 2.05) is 19.1 Å². The van der Waals surface area contributed by atoms with Crippen LogP contribution >= 0.6 is 11.8 Å². The fraction of sp³-hybridized carbons (Fsp3) is 0.294. The molecule has 1 aliphatic heterocycles. The molecule has 3 rings (SSSR count). The molecule has 1 aliphatic rings. The molecule has 1 N–H and O–H groups in total. The number of benzene rings is 2. The van der Waals surface area contributed by atoms with Crippen molar-refractivity contribution in [2.24, 2.45) is 0 Å². The number of thioether (sulfide) groups is 1. The van der Waals surface area contributed by atoms with E-state index >= 15 is 0 Å². The summed E-state index contributed by atoms with van der Waals surface area (Å²) in [6.07, 6.45) is 0. The maximum Gasteiger partial charge on any atom is 0.126 e. The molecule has 0 amide bonds. The van der Waals surface area contributed by atoms with Gasteiger partial charge in [-0.05, 0) is 35.9 Å². The molecule has 21 heavy (non-hydrogen) atoms. The number of hydrogen-bond donors (Lipinski definition) is 1. The Morgan fingerprint density at radius 3 is 2.62 bits per heavy atom. The second-order valence-corrected chi connectivity index (χ2v) is 6.26. The average Bonchev–Trinajstić information content (AvgIpc) is 2.87. The zero-order chi connectivity index (χ0) is 14.8. The van der Waals surface area contributed by atoms with Crippen LogP contribution in [0.4, 0.5) is 8.78 Å². The first-order valence-corrected chi connectivity index (χ1v) is 8.08. The van der Waals surface area contributed by atoms with E-state index in [1.54, 1.807) is 11.8 Å². The van der Waals surface area contributed by atoms with Crippen LogP contribution in [0.5, 0.6) is 0 Å². The first-order chi connectivity index (χ1) is 10.2. The lowest BCUT2D eigenvalue weighted by Crippen LogP contribution is -2.27. The van der Waals surface area contributed by atoms with E-state index < -0.39 is 11.6 Å². The summed E-state index contributed by atoms with van der Waals surface area (Å²) in [6, 6.07) is 12.0. The van der Waals surface area contributed by atoms with Crippen molar-refractivity contribution in [2.75, 3.05) is 12.3 Å². The summed E-state index contributed by atoms with van der Waals surface area (Å²) >= 11 is 1.81. The third-order valence-corrected chi connectivity index (χ3v) is 5.02. The summed E-state index contributed by atoms with van der Waals surface area (Å²) in [5.41, 5.74) is 1.94. The quantitative estimate of drug-likeness (QED) is 0.892. The summed E-state index contributed by atoms with van der Waals surface area (Å²) in [5.74, 6) is 0.112. The number of rotatable bonds is 4. The van der Waals surface area contributed by atoms with Gasteiger partial charge in [-0.1, -0.05) is 25.1 Å². The van der Waals surface area contributed by atoms with Gasteiger partial charge in [0.15, 0.2) is 0 Å². The Hall–Kier alpha value is -1.39. The Morgan fingerprint density at radius 1 is 1.19 bits per heavy atom. The molecule has 2 aromatic carbocycles. The van der Waals surface area contributed by atoms with Crippen LogP contribution in [0.3, 0.4) is 0 Å². The van der Waals surface area contributed by atoms with Gasteiger partial charge in [0, 0.05) is 28.7 Å². The van der Waals surface area contributed by atoms with Gasteiger partial charge in [-0.15, -0.1) is 11.8 Å². The van der Waals surface area contributed by atoms with E-state index in [1.165, 1.54) is 22.6 Å². The average molecular weight is 305 g/mol. The molecule has 0 saturated heterocycles. The summed E-state index contributed by atoms with van der Waals surface area (Å²) < 4.78 is 27.1. The number of hydrogen-bond acceptors (Lipinski definition) is 2. The second-order valence-electron chi connectivity index (χ2n) is 5.19. The Bertz CT molecular complexity index is 624. The molecule has 4 heteroatoms. The van der Waals surface area contributed by atoms with Crippen LogP contribution in [0.15, 0.2) is 47.4 Å². The molecule has 1 heterocycles. The molecular formula is C17H17F2NS. The van der Waals surface area contributed by atoms with Crippen molar-refractivity contribution in [1.29, 1.82) is 0 Å². The minimum Gasteiger partial charge on any atom is -0.310 e. The molecule has 0 aromatic heterocycles. The fourth-order valence-electron chi connectivity index (χ4n) is 2.93. The highest BCUT2D eigenvalue weighted by molar-refractivity contribution is 7.99. The Morgan fingerprint density at radius 2 is 1.90 bits per heavy atom. The van der Waals surface area contributed by atoms with Crippen LogP contribution in [0.2, 0.25) is 0 Å². The van der Waals surface area contributed by atoms with E-state index in [-0.39, 0.29) is 12.0 Å². The van der Waals surface area contributed by atoms with Gasteiger partial charge in [0.1, 0.15) is 11.6 Å². The van der Waals surface area contributed by atoms with Gasteiger partial charge in [0.05, 0.1) is 0 Å². The number of fused-ring (bicyclic) bond motifs is 1. The number of halogens is 2. The fourth-order valence-corrected chi connectivity index (χ4v) is 4.22. The molecule has 2 unspecified atom stereocenters. The standard InChI is InChI=1S/C17H17F2NS/c1-2-20-17(11-7-12(18)9-13(19)8-11)15-10-21-16-6-4-3-5-14(15)16/h3-9,15,17,20H,2,10H2,1H3. The van der Waals surface area contributed by atoms with Crippen LogP contribution in [0.25, 0.3) is 0 Å². The van der Waals surface area contributed by atoms with Gasteiger partial charge in [-0.3, -0.25) is 0 Å². The number of likely N-dealkylation sites (N-methyl/N-ethyl adjacent to an activating group) is 1. The largest absolute Gasteiger partial charge is 0.310 e. The molecule has 0 aliphatic carbocycles. The van der Waals surface area contributed by atoms with Gasteiger partial charge in [0.25, 0.3) is 0 Å². The molecule has 0 radical (unpaired) electrons. The predicted molar refractivity (Wildman–Crippen MR) is 82.7 cm³/mol. The third kappa shape index (κ3) is 2.97. The summed E-state index contributed by atoms with van der Waals surface area (Å²) in [7, 11) is 0. The molecular weight excluding hydrogens is 288 g/mol. The van der Waals surface area contributed by atoms with E-state index in [2.05, 4.69) is 17.4 Å². The molecule has 2 atom stereocenters. The van der Waals surface area contributed by atoms with Crippen molar-refractivity contribution in [3.05, 3.63) is 65.2 Å². The van der Waals surface area contributed by atoms with Crippen LogP contribution in [-0.2, 0) is 0 Å². The summed E-state index contributed by atoms with van der Waals surface area (Å²) in [6.45, 7) is 2.77. The highest BCUT2D eigenvalue weighted by atomic mass is 32.2. The monoisotopic (exact) mass is 305 g/mol. The Balaban J connectivity index is 1.99. The number of nitrogens with one attached hydrogen (secondary N) is 1. The lowest BCUT2D eigenvalue weighted by molar-refractivity contribution is 0.476. The maximum absolute atomic E-state index is 13.5. The predicted octanol–water partition coefficient (Wildman–Crippen LogP) is 4.50. The van der Waals surface area contributed by atoms with Crippen molar-refractivity contribution in [3.63, 3.8) is 0 Å². The van der Waals surface area contributed by atoms with Crippen molar-refractivity contribution in [1.82, 2.24) is 5.32 Å². The minimum atomic E-state index is -0.521. The third-order valence-electron chi connectivity index (χ3n) is 3.81. The molecule has 1 nitrogen and oxygen atoms in total. The molecule has 0 saturated carbocycles. The molecule has 110 valence electrons. The van der Waals surface area contributed by atoms with Crippen molar-refractivity contribution >= 4 is 11.8 Å². The lowest BCUT2D eigenvalue weighted by atomic mass is 9.88.